The monoisotopic (exact) mass is 315 g/mol. The van der Waals surface area contributed by atoms with Gasteiger partial charge in [0.1, 0.15) is 0 Å². The number of nitrogens with one attached hydrogen (secondary N) is 1. The van der Waals surface area contributed by atoms with Crippen molar-refractivity contribution in [2.45, 2.75) is 13.3 Å². The number of anilines is 1. The summed E-state index contributed by atoms with van der Waals surface area (Å²) in [6, 6.07) is 0. The Morgan fingerprint density at radius 2 is 2.14 bits per heavy atom. The first-order valence-corrected chi connectivity index (χ1v) is 7.43. The Balaban J connectivity index is 2.45. The molecule has 7 nitrogen and oxygen atoms in total. The van der Waals surface area contributed by atoms with Crippen LogP contribution in [0.5, 0.6) is 0 Å². The molecule has 0 saturated heterocycles. The predicted molar refractivity (Wildman–Crippen MR) is 80.4 cm³/mol. The summed E-state index contributed by atoms with van der Waals surface area (Å²) in [6.07, 6.45) is 0.240. The number of carbonyl (C=O) groups excluding carboxylic acids is 2. The smallest absolute Gasteiger partial charge is 0.306 e. The first-order valence-electron chi connectivity index (χ1n) is 6.55. The van der Waals surface area contributed by atoms with Crippen LogP contribution in [-0.2, 0) is 19.1 Å². The molecule has 0 aliphatic rings. The predicted octanol–water partition coefficient (Wildman–Crippen LogP) is 0.902. The molecule has 0 fully saturated rings. The van der Waals surface area contributed by atoms with E-state index in [4.69, 9.17) is 4.74 Å². The molecule has 8 heteroatoms. The lowest BCUT2D eigenvalue weighted by Gasteiger charge is -2.20. The second kappa shape index (κ2) is 9.43. The van der Waals surface area contributed by atoms with Crippen LogP contribution in [0.3, 0.4) is 0 Å². The van der Waals surface area contributed by atoms with Crippen molar-refractivity contribution < 1.29 is 19.1 Å². The number of esters is 1. The molecule has 0 radical (unpaired) electrons. The molecule has 1 heterocycles. The summed E-state index contributed by atoms with van der Waals surface area (Å²) in [5.74, 6) is -0.460. The summed E-state index contributed by atoms with van der Waals surface area (Å²) in [4.78, 5) is 29.2. The van der Waals surface area contributed by atoms with Crippen molar-refractivity contribution in [2.75, 3.05) is 45.8 Å². The highest BCUT2D eigenvalue weighted by atomic mass is 32.1. The van der Waals surface area contributed by atoms with Gasteiger partial charge in [0.15, 0.2) is 5.13 Å². The van der Waals surface area contributed by atoms with Crippen LogP contribution >= 0.6 is 11.3 Å². The topological polar surface area (TPSA) is 80.8 Å². The first-order chi connectivity index (χ1) is 10.0. The molecule has 0 aliphatic heterocycles. The molecular formula is C13H21N3O4S. The molecule has 0 aliphatic carbocycles. The van der Waals surface area contributed by atoms with Gasteiger partial charge in [-0.25, -0.2) is 4.98 Å². The number of methoxy groups -OCH3 is 2. The van der Waals surface area contributed by atoms with Crippen LogP contribution in [0.25, 0.3) is 0 Å². The summed E-state index contributed by atoms with van der Waals surface area (Å²) >= 11 is 1.38. The highest BCUT2D eigenvalue weighted by molar-refractivity contribution is 7.13. The highest BCUT2D eigenvalue weighted by Crippen LogP contribution is 2.14. The minimum absolute atomic E-state index is 0.162. The van der Waals surface area contributed by atoms with Crippen LogP contribution in [0.1, 0.15) is 12.1 Å². The average Bonchev–Trinajstić information content (AvgIpc) is 2.86. The maximum Gasteiger partial charge on any atom is 0.306 e. The van der Waals surface area contributed by atoms with Gasteiger partial charge in [0.2, 0.25) is 5.91 Å². The summed E-state index contributed by atoms with van der Waals surface area (Å²) in [5.41, 5.74) is 0.872. The summed E-state index contributed by atoms with van der Waals surface area (Å²) in [6.45, 7) is 3.55. The van der Waals surface area contributed by atoms with Gasteiger partial charge in [0, 0.05) is 25.6 Å². The number of hydrogen-bond acceptors (Lipinski definition) is 7. The third-order valence-corrected chi connectivity index (χ3v) is 3.58. The van der Waals surface area contributed by atoms with E-state index in [-0.39, 0.29) is 24.8 Å². The van der Waals surface area contributed by atoms with Gasteiger partial charge in [0.25, 0.3) is 0 Å². The minimum atomic E-state index is -0.298. The van der Waals surface area contributed by atoms with Gasteiger partial charge in [-0.05, 0) is 6.92 Å². The summed E-state index contributed by atoms with van der Waals surface area (Å²) < 4.78 is 9.61. The zero-order chi connectivity index (χ0) is 15.7. The molecule has 0 aromatic carbocycles. The van der Waals surface area contributed by atoms with Gasteiger partial charge >= 0.3 is 5.97 Å². The van der Waals surface area contributed by atoms with Gasteiger partial charge in [0.05, 0.1) is 32.4 Å². The molecule has 1 rings (SSSR count). The van der Waals surface area contributed by atoms with Crippen molar-refractivity contribution in [1.82, 2.24) is 9.88 Å². The van der Waals surface area contributed by atoms with E-state index < -0.39 is 0 Å². The summed E-state index contributed by atoms with van der Waals surface area (Å²) in [5, 5.41) is 5.19. The Morgan fingerprint density at radius 3 is 2.71 bits per heavy atom. The van der Waals surface area contributed by atoms with Gasteiger partial charge < -0.3 is 14.8 Å². The van der Waals surface area contributed by atoms with E-state index in [1.807, 2.05) is 17.2 Å². The van der Waals surface area contributed by atoms with Crippen molar-refractivity contribution >= 4 is 28.3 Å². The number of aromatic nitrogens is 1. The molecule has 1 aromatic rings. The van der Waals surface area contributed by atoms with Crippen LogP contribution in [-0.4, -0.2) is 62.2 Å². The Kier molecular flexibility index (Phi) is 7.88. The average molecular weight is 315 g/mol. The number of rotatable bonds is 9. The maximum atomic E-state index is 12.0. The zero-order valence-electron chi connectivity index (χ0n) is 12.5. The second-order valence-electron chi connectivity index (χ2n) is 4.44. The fourth-order valence-electron chi connectivity index (χ4n) is 1.62. The molecule has 1 N–H and O–H groups in total. The SMILES string of the molecule is COCCN(CCC(=O)OC)CC(=O)Nc1nc(C)cs1. The van der Waals surface area contributed by atoms with Gasteiger partial charge in [-0.15, -0.1) is 11.3 Å². The lowest BCUT2D eigenvalue weighted by Crippen LogP contribution is -2.37. The van der Waals surface area contributed by atoms with Gasteiger partial charge in [-0.3, -0.25) is 14.5 Å². The molecule has 1 aromatic heterocycles. The standard InChI is InChI=1S/C13H21N3O4S/c1-10-9-21-13(14-10)15-11(17)8-16(6-7-19-2)5-4-12(18)20-3/h9H,4-8H2,1-3H3,(H,14,15,17). The largest absolute Gasteiger partial charge is 0.469 e. The lowest BCUT2D eigenvalue weighted by molar-refractivity contribution is -0.141. The Labute approximate surface area is 128 Å². The zero-order valence-corrected chi connectivity index (χ0v) is 13.4. The third kappa shape index (κ3) is 7.16. The van der Waals surface area contributed by atoms with Crippen molar-refractivity contribution in [3.05, 3.63) is 11.1 Å². The molecule has 0 unspecified atom stereocenters. The fourth-order valence-corrected chi connectivity index (χ4v) is 2.32. The molecule has 0 atom stereocenters. The van der Waals surface area contributed by atoms with E-state index in [1.54, 1.807) is 7.11 Å². The molecule has 0 spiro atoms. The van der Waals surface area contributed by atoms with Crippen molar-refractivity contribution in [2.24, 2.45) is 0 Å². The molecule has 118 valence electrons. The second-order valence-corrected chi connectivity index (χ2v) is 5.30. The Morgan fingerprint density at radius 1 is 1.38 bits per heavy atom. The molecule has 1 amide bonds. The van der Waals surface area contributed by atoms with E-state index in [0.29, 0.717) is 24.8 Å². The number of carbonyl (C=O) groups is 2. The van der Waals surface area contributed by atoms with E-state index >= 15 is 0 Å². The van der Waals surface area contributed by atoms with Gasteiger partial charge in [-0.2, -0.15) is 0 Å². The van der Waals surface area contributed by atoms with Crippen molar-refractivity contribution in [3.8, 4) is 0 Å². The van der Waals surface area contributed by atoms with Crippen LogP contribution < -0.4 is 5.32 Å². The van der Waals surface area contributed by atoms with Gasteiger partial charge in [-0.1, -0.05) is 0 Å². The number of hydrogen-bond donors (Lipinski definition) is 1. The van der Waals surface area contributed by atoms with Crippen molar-refractivity contribution in [3.63, 3.8) is 0 Å². The quantitative estimate of drug-likeness (QED) is 0.682. The minimum Gasteiger partial charge on any atom is -0.469 e. The van der Waals surface area contributed by atoms with E-state index in [1.165, 1.54) is 18.4 Å². The third-order valence-electron chi connectivity index (χ3n) is 2.70. The van der Waals surface area contributed by atoms with Crippen LogP contribution in [0.4, 0.5) is 5.13 Å². The lowest BCUT2D eigenvalue weighted by atomic mass is 10.3. The number of ether oxygens (including phenoxy) is 2. The van der Waals surface area contributed by atoms with Crippen LogP contribution in [0.2, 0.25) is 0 Å². The normalized spacial score (nSPS) is 10.7. The molecule has 21 heavy (non-hydrogen) atoms. The molecule has 0 bridgehead atoms. The molecule has 0 saturated carbocycles. The van der Waals surface area contributed by atoms with E-state index in [2.05, 4.69) is 15.0 Å². The van der Waals surface area contributed by atoms with Crippen LogP contribution in [0.15, 0.2) is 5.38 Å². The number of amides is 1. The molecular weight excluding hydrogens is 294 g/mol. The number of aryl methyl sites for hydroxylation is 1. The summed E-state index contributed by atoms with van der Waals surface area (Å²) in [7, 11) is 2.94. The maximum absolute atomic E-state index is 12.0. The van der Waals surface area contributed by atoms with E-state index in [9.17, 15) is 9.59 Å². The van der Waals surface area contributed by atoms with Crippen molar-refractivity contribution in [1.29, 1.82) is 0 Å². The first kappa shape index (κ1) is 17.5. The van der Waals surface area contributed by atoms with E-state index in [0.717, 1.165) is 5.69 Å². The Hall–Kier alpha value is -1.51. The Bertz CT molecular complexity index is 464. The number of thiazole rings is 1. The van der Waals surface area contributed by atoms with Crippen LogP contribution in [0, 0.1) is 6.92 Å². The highest BCUT2D eigenvalue weighted by Gasteiger charge is 2.13. The number of nitrogens with zero attached hydrogens (tertiary/aromatic N) is 2. The fraction of sp³-hybridized carbons (Fsp3) is 0.615.